The molecule has 0 aliphatic rings. The monoisotopic (exact) mass is 330 g/mol. The molecular formula is C14H13F3N2O2S. The number of halogens is 3. The van der Waals surface area contributed by atoms with Crippen LogP contribution in [0.2, 0.25) is 0 Å². The van der Waals surface area contributed by atoms with Crippen LogP contribution in [0.5, 0.6) is 0 Å². The van der Waals surface area contributed by atoms with Gasteiger partial charge in [-0.05, 0) is 34.7 Å². The predicted octanol–water partition coefficient (Wildman–Crippen LogP) is 3.07. The first-order chi connectivity index (χ1) is 10.4. The highest BCUT2D eigenvalue weighted by Gasteiger charge is 2.26. The molecular weight excluding hydrogens is 317 g/mol. The molecule has 1 amide bonds. The molecule has 0 aliphatic heterocycles. The summed E-state index contributed by atoms with van der Waals surface area (Å²) in [6.45, 7) is 0.0293. The van der Waals surface area contributed by atoms with Gasteiger partial charge < -0.3 is 10.4 Å². The van der Waals surface area contributed by atoms with Gasteiger partial charge >= 0.3 is 6.30 Å². The second kappa shape index (κ2) is 6.80. The summed E-state index contributed by atoms with van der Waals surface area (Å²) in [5, 5.41) is 14.4. The molecule has 1 aromatic heterocycles. The fourth-order valence-electron chi connectivity index (χ4n) is 1.77. The molecule has 1 heterocycles. The molecule has 2 aromatic rings. The van der Waals surface area contributed by atoms with Gasteiger partial charge in [0.2, 0.25) is 0 Å². The van der Waals surface area contributed by atoms with Crippen molar-refractivity contribution in [2.75, 3.05) is 18.5 Å². The molecule has 0 saturated heterocycles. The molecule has 4 nitrogen and oxygen atoms in total. The molecule has 0 spiro atoms. The SMILES string of the molecule is O=C(NCCO)c1cc(-c2ccc(NC(F)(F)F)cc2)cs1. The van der Waals surface area contributed by atoms with Crippen molar-refractivity contribution >= 4 is 22.9 Å². The number of benzene rings is 1. The number of carbonyl (C=O) groups is 1. The number of hydrogen-bond acceptors (Lipinski definition) is 4. The standard InChI is InChI=1S/C14H13F3N2O2S/c15-14(16,17)19-11-3-1-9(2-4-11)10-7-12(22-8-10)13(21)18-5-6-20/h1-4,7-8,19-20H,5-6H2,(H,18,21). The van der Waals surface area contributed by atoms with Crippen LogP contribution in [0.4, 0.5) is 18.9 Å². The molecule has 0 fully saturated rings. The quantitative estimate of drug-likeness (QED) is 0.739. The van der Waals surface area contributed by atoms with Gasteiger partial charge in [0, 0.05) is 12.2 Å². The maximum absolute atomic E-state index is 12.2. The lowest BCUT2D eigenvalue weighted by Gasteiger charge is -2.09. The highest BCUT2D eigenvalue weighted by atomic mass is 32.1. The molecule has 1 aromatic carbocycles. The van der Waals surface area contributed by atoms with Crippen molar-refractivity contribution in [1.29, 1.82) is 0 Å². The van der Waals surface area contributed by atoms with E-state index < -0.39 is 6.30 Å². The Morgan fingerprint density at radius 2 is 1.86 bits per heavy atom. The smallest absolute Gasteiger partial charge is 0.395 e. The number of aliphatic hydroxyl groups excluding tert-OH is 1. The van der Waals surface area contributed by atoms with Gasteiger partial charge in [-0.25, -0.2) is 0 Å². The molecule has 22 heavy (non-hydrogen) atoms. The Morgan fingerprint density at radius 3 is 2.45 bits per heavy atom. The van der Waals surface area contributed by atoms with Crippen molar-refractivity contribution < 1.29 is 23.1 Å². The first kappa shape index (κ1) is 16.3. The van der Waals surface area contributed by atoms with E-state index in [4.69, 9.17) is 5.11 Å². The third kappa shape index (κ3) is 4.47. The molecule has 3 N–H and O–H groups in total. The number of anilines is 1. The van der Waals surface area contributed by atoms with E-state index in [0.717, 1.165) is 5.56 Å². The average Bonchev–Trinajstić information content (AvgIpc) is 2.93. The number of nitrogens with one attached hydrogen (secondary N) is 2. The average molecular weight is 330 g/mol. The zero-order valence-corrected chi connectivity index (χ0v) is 12.1. The highest BCUT2D eigenvalue weighted by Crippen LogP contribution is 2.28. The molecule has 0 bridgehead atoms. The van der Waals surface area contributed by atoms with Gasteiger partial charge in [-0.1, -0.05) is 12.1 Å². The summed E-state index contributed by atoms with van der Waals surface area (Å²) in [5.74, 6) is -0.291. The fraction of sp³-hybridized carbons (Fsp3) is 0.214. The maximum Gasteiger partial charge on any atom is 0.482 e. The Hall–Kier alpha value is -2.06. The Morgan fingerprint density at radius 1 is 1.18 bits per heavy atom. The Labute approximate surface area is 128 Å². The van der Waals surface area contributed by atoms with Crippen LogP contribution < -0.4 is 10.6 Å². The molecule has 0 aliphatic carbocycles. The first-order valence-corrected chi connectivity index (χ1v) is 7.20. The Kier molecular flexibility index (Phi) is 5.04. The van der Waals surface area contributed by atoms with E-state index in [1.165, 1.54) is 28.8 Å². The summed E-state index contributed by atoms with van der Waals surface area (Å²) in [5.41, 5.74) is 1.41. The van der Waals surface area contributed by atoms with Crippen LogP contribution in [0.25, 0.3) is 11.1 Å². The molecule has 2 rings (SSSR count). The lowest BCUT2D eigenvalue weighted by atomic mass is 10.1. The molecule has 0 saturated carbocycles. The van der Waals surface area contributed by atoms with Gasteiger partial charge in [0.05, 0.1) is 11.5 Å². The van der Waals surface area contributed by atoms with Gasteiger partial charge in [-0.3, -0.25) is 10.1 Å². The summed E-state index contributed by atoms with van der Waals surface area (Å²) in [6.07, 6.45) is -4.47. The third-order valence-electron chi connectivity index (χ3n) is 2.72. The highest BCUT2D eigenvalue weighted by molar-refractivity contribution is 7.12. The minimum atomic E-state index is -4.47. The van der Waals surface area contributed by atoms with E-state index >= 15 is 0 Å². The summed E-state index contributed by atoms with van der Waals surface area (Å²) in [6, 6.07) is 7.40. The van der Waals surface area contributed by atoms with Gasteiger partial charge in [0.15, 0.2) is 0 Å². The fourth-order valence-corrected chi connectivity index (χ4v) is 2.61. The normalized spacial score (nSPS) is 11.3. The molecule has 0 atom stereocenters. The molecule has 8 heteroatoms. The number of hydrogen-bond donors (Lipinski definition) is 3. The Balaban J connectivity index is 2.09. The van der Waals surface area contributed by atoms with Crippen LogP contribution in [0.15, 0.2) is 35.7 Å². The van der Waals surface area contributed by atoms with Crippen molar-refractivity contribution in [1.82, 2.24) is 5.32 Å². The maximum atomic E-state index is 12.2. The number of thiophene rings is 1. The summed E-state index contributed by atoms with van der Waals surface area (Å²) >= 11 is 1.23. The second-order valence-electron chi connectivity index (χ2n) is 4.38. The predicted molar refractivity (Wildman–Crippen MR) is 78.9 cm³/mol. The van der Waals surface area contributed by atoms with Crippen molar-refractivity contribution in [3.63, 3.8) is 0 Å². The van der Waals surface area contributed by atoms with E-state index in [9.17, 15) is 18.0 Å². The van der Waals surface area contributed by atoms with Crippen molar-refractivity contribution in [2.45, 2.75) is 6.30 Å². The van der Waals surface area contributed by atoms with Crippen LogP contribution in [-0.2, 0) is 0 Å². The number of rotatable bonds is 5. The molecule has 0 radical (unpaired) electrons. The van der Waals surface area contributed by atoms with E-state index in [0.29, 0.717) is 10.4 Å². The largest absolute Gasteiger partial charge is 0.482 e. The minimum Gasteiger partial charge on any atom is -0.395 e. The van der Waals surface area contributed by atoms with Crippen LogP contribution in [0.1, 0.15) is 9.67 Å². The zero-order chi connectivity index (χ0) is 16.2. The summed E-state index contributed by atoms with van der Waals surface area (Å²) in [7, 11) is 0. The number of carbonyl (C=O) groups excluding carboxylic acids is 1. The van der Waals surface area contributed by atoms with Crippen molar-refractivity contribution in [3.05, 3.63) is 40.6 Å². The lowest BCUT2D eigenvalue weighted by molar-refractivity contribution is -0.0999. The van der Waals surface area contributed by atoms with Crippen molar-refractivity contribution in [2.24, 2.45) is 0 Å². The number of amides is 1. The lowest BCUT2D eigenvalue weighted by Crippen LogP contribution is -2.25. The van der Waals surface area contributed by atoms with Gasteiger partial charge in [0.1, 0.15) is 0 Å². The zero-order valence-electron chi connectivity index (χ0n) is 11.3. The van der Waals surface area contributed by atoms with Gasteiger partial charge in [-0.2, -0.15) is 13.2 Å². The van der Waals surface area contributed by atoms with Crippen LogP contribution in [-0.4, -0.2) is 30.5 Å². The van der Waals surface area contributed by atoms with Gasteiger partial charge in [-0.15, -0.1) is 11.3 Å². The van der Waals surface area contributed by atoms with E-state index in [2.05, 4.69) is 5.32 Å². The van der Waals surface area contributed by atoms with E-state index in [1.54, 1.807) is 23.6 Å². The number of alkyl halides is 3. The topological polar surface area (TPSA) is 61.4 Å². The first-order valence-electron chi connectivity index (χ1n) is 6.32. The summed E-state index contributed by atoms with van der Waals surface area (Å²) in [4.78, 5) is 12.2. The minimum absolute atomic E-state index is 0.0487. The molecule has 118 valence electrons. The molecule has 0 unspecified atom stereocenters. The van der Waals surface area contributed by atoms with Crippen LogP contribution >= 0.6 is 11.3 Å². The third-order valence-corrected chi connectivity index (χ3v) is 3.65. The second-order valence-corrected chi connectivity index (χ2v) is 5.29. The van der Waals surface area contributed by atoms with E-state index in [-0.39, 0.29) is 24.7 Å². The Bertz CT molecular complexity index is 638. The van der Waals surface area contributed by atoms with E-state index in [1.807, 2.05) is 0 Å². The van der Waals surface area contributed by atoms with Crippen LogP contribution in [0.3, 0.4) is 0 Å². The van der Waals surface area contributed by atoms with Gasteiger partial charge in [0.25, 0.3) is 5.91 Å². The van der Waals surface area contributed by atoms with Crippen LogP contribution in [0, 0.1) is 0 Å². The number of aliphatic hydroxyl groups is 1. The van der Waals surface area contributed by atoms with Crippen molar-refractivity contribution in [3.8, 4) is 11.1 Å². The summed E-state index contributed by atoms with van der Waals surface area (Å²) < 4.78 is 36.6.